The summed E-state index contributed by atoms with van der Waals surface area (Å²) in [5, 5.41) is 29.7. The molecule has 4 heterocycles. The van der Waals surface area contributed by atoms with E-state index in [2.05, 4.69) is 154 Å². The molecule has 4 aliphatic heterocycles. The van der Waals surface area contributed by atoms with Gasteiger partial charge in [0, 0.05) is 70.7 Å². The maximum Gasteiger partial charge on any atom is 0.335 e. The molecule has 4 saturated heterocycles. The van der Waals surface area contributed by atoms with Crippen molar-refractivity contribution < 1.29 is 86.4 Å². The van der Waals surface area contributed by atoms with Crippen LogP contribution in [0.4, 0.5) is 0 Å². The van der Waals surface area contributed by atoms with Crippen LogP contribution in [0, 0.1) is 23.4 Å². The van der Waals surface area contributed by atoms with Gasteiger partial charge in [-0.15, -0.1) is 40.4 Å². The van der Waals surface area contributed by atoms with Crippen molar-refractivity contribution in [2.45, 2.75) is 69.6 Å². The van der Waals surface area contributed by atoms with Crippen LogP contribution in [0.15, 0.2) is 115 Å². The molecule has 0 aliphatic carbocycles. The zero-order valence-electron chi connectivity index (χ0n) is 67.0. The van der Waals surface area contributed by atoms with Crippen LogP contribution in [0.3, 0.4) is 0 Å². The number of carboxylic acids is 1. The van der Waals surface area contributed by atoms with Gasteiger partial charge in [0.2, 0.25) is 0 Å². The highest BCUT2D eigenvalue weighted by atomic mass is 80.0. The molecule has 11 rings (SSSR count). The van der Waals surface area contributed by atoms with Gasteiger partial charge in [-0.3, -0.25) is 19.6 Å². The quantitative estimate of drug-likeness (QED) is 0.0279. The number of benzene rings is 7. The van der Waals surface area contributed by atoms with Gasteiger partial charge < -0.3 is 81.6 Å². The summed E-state index contributed by atoms with van der Waals surface area (Å²) in [6, 6.07) is 33.6. The number of halogens is 9. The molecule has 112 heavy (non-hydrogen) atoms. The number of hydrogen-bond acceptors (Lipinski definition) is 21. The summed E-state index contributed by atoms with van der Waals surface area (Å²) in [7, 11) is 19.8. The molecule has 0 aromatic heterocycles. The van der Waals surface area contributed by atoms with Crippen molar-refractivity contribution in [1.29, 1.82) is 0 Å². The van der Waals surface area contributed by atoms with Crippen molar-refractivity contribution in [1.82, 2.24) is 19.6 Å². The van der Waals surface area contributed by atoms with Crippen molar-refractivity contribution >= 4 is 156 Å². The second-order valence-electron chi connectivity index (χ2n) is 25.1. The Balaban J connectivity index is 0.00000124. The average molecular weight is 2060 g/mol. The number of methoxy groups -OCH3 is 14. The van der Waals surface area contributed by atoms with E-state index in [0.29, 0.717) is 72.0 Å². The van der Waals surface area contributed by atoms with E-state index in [9.17, 15) is 4.79 Å². The van der Waals surface area contributed by atoms with Crippen LogP contribution in [0.2, 0.25) is 54.3 Å². The third kappa shape index (κ3) is 43.1. The van der Waals surface area contributed by atoms with Gasteiger partial charge in [-0.05, 0) is 136 Å². The Morgan fingerprint density at radius 2 is 0.714 bits per heavy atom. The molecule has 622 valence electrons. The van der Waals surface area contributed by atoms with E-state index in [0.717, 1.165) is 68.5 Å². The first kappa shape index (κ1) is 107. The molecule has 7 aromatic carbocycles. The highest BCUT2D eigenvalue weighted by Gasteiger charge is 2.36. The van der Waals surface area contributed by atoms with Crippen LogP contribution in [-0.4, -0.2) is 197 Å². The smallest absolute Gasteiger partial charge is 0.335 e. The third-order valence-corrected chi connectivity index (χ3v) is 18.5. The summed E-state index contributed by atoms with van der Waals surface area (Å²) in [5.41, 5.74) is 11.0. The SMILES string of the molecule is Br.BrP(Br)Br.C#C[Si](C)(C)C.C1N2CN3CN1CN(C2)C3.COc1cc(CBr)c(OC)cc1Cl.COc1cc(CBr)cc(OC)c1.COc1cc(CC#C[Si](C)(C)C)cc(OC)c1.COc1cc(CO)c(OC)cc1Cl.COc1cc(CO)cc(OC)c1.COc1cc(OC)cc(C(=O)O)c1.COc1ccc(OC)c(Cl)c1. The fourth-order valence-corrected chi connectivity index (χ4v) is 11.4. The molecule has 0 amide bonds. The van der Waals surface area contributed by atoms with Crippen LogP contribution < -0.4 is 66.3 Å². The standard InChI is InChI=1S/C14H20O2Si.C9H10BrClO2.C9H11BrO2.C9H11ClO3.C9H10O4.C9H12O3.C8H9ClO2.C6H12N4.C5H10Si.Br3P.BrH/c1-15-13-9-12(10-14(11-13)16-2)7-6-8-17(3,4)5;1-12-8-4-7(11)9(13-2)3-6(8)5-10;1-11-8-3-7(6-10)4-9(5-8)12-2;1-12-8-4-7(10)9(13-2)3-6(8)5-11;1-12-7-3-6(9(10)11)4-8(5-7)13-2;1-11-8-3-7(6-10)4-9(5-8)12-2;1-10-6-3-4-8(11-2)7(9)5-6;1-7-2-9-4-8(1)5-10(3-7)6-9;1-5-6(2,3)4;1-4(2)3;/h9-11H,7H2,1-5H3;3-4H,5H2,1-2H3;3-5H,6H2,1-2H3;3-4,11H,5H2,1-2H3;3-5H,1-2H3,(H,10,11);3-5,10H,6H2,1-2H3;3-5H,1-2H3;1-6H2;1H,2-4H3;;1H. The lowest BCUT2D eigenvalue weighted by Crippen LogP contribution is -2.71. The number of nitrogens with zero attached hydrogens (tertiary/aromatic N) is 4. The first-order chi connectivity index (χ1) is 52.6. The Morgan fingerprint density at radius 1 is 0.411 bits per heavy atom. The average Bonchev–Trinajstić information content (AvgIpc) is 0.796. The monoisotopic (exact) mass is 2050 g/mol. The Labute approximate surface area is 732 Å². The molecule has 34 heteroatoms. The highest BCUT2D eigenvalue weighted by Crippen LogP contribution is 2.59. The number of hydrogen-bond donors (Lipinski definition) is 3. The van der Waals surface area contributed by atoms with Crippen LogP contribution >= 0.6 is 134 Å². The molecule has 22 nitrogen and oxygen atoms in total. The highest BCUT2D eigenvalue weighted by molar-refractivity contribution is 9.93. The molecule has 4 aliphatic rings. The Hall–Kier alpha value is -5.30. The first-order valence-corrected chi connectivity index (χ1v) is 51.2. The second kappa shape index (κ2) is 58.5. The minimum absolute atomic E-state index is 0. The molecule has 0 unspecified atom stereocenters. The topological polar surface area (TPSA) is 220 Å². The van der Waals surface area contributed by atoms with Crippen molar-refractivity contribution in [2.24, 2.45) is 0 Å². The van der Waals surface area contributed by atoms with E-state index in [1.807, 2.05) is 42.5 Å². The lowest BCUT2D eigenvalue weighted by molar-refractivity contribution is -0.194. The lowest BCUT2D eigenvalue weighted by atomic mass is 10.1. The maximum atomic E-state index is 10.6. The molecule has 0 atom stereocenters. The summed E-state index contributed by atoms with van der Waals surface area (Å²) in [4.78, 5) is 20.5. The summed E-state index contributed by atoms with van der Waals surface area (Å²) in [5.74, 6) is 11.8. The number of aromatic carboxylic acids is 1. The largest absolute Gasteiger partial charge is 0.497 e. The van der Waals surface area contributed by atoms with E-state index in [-0.39, 0.29) is 39.8 Å². The van der Waals surface area contributed by atoms with Crippen LogP contribution in [-0.2, 0) is 30.3 Å². The number of rotatable bonds is 20. The van der Waals surface area contributed by atoms with E-state index in [1.54, 1.807) is 132 Å². The number of ether oxygens (including phenoxy) is 14. The van der Waals surface area contributed by atoms with E-state index in [4.69, 9.17) is 123 Å². The second-order valence-corrected chi connectivity index (χ2v) is 52.3. The molecular formula is C78H106Br6Cl3N4O18PSi2. The maximum absolute atomic E-state index is 10.6. The Bertz CT molecular complexity index is 3680. The lowest BCUT2D eigenvalue weighted by Gasteiger charge is -2.56. The molecule has 0 spiro atoms. The van der Waals surface area contributed by atoms with Crippen molar-refractivity contribution in [3.8, 4) is 104 Å². The Morgan fingerprint density at radius 3 is 0.982 bits per heavy atom. The van der Waals surface area contributed by atoms with Gasteiger partial charge in [0.1, 0.15) is 101 Å². The van der Waals surface area contributed by atoms with Gasteiger partial charge in [0.15, 0.2) is 0 Å². The summed E-state index contributed by atoms with van der Waals surface area (Å²) < 4.78 is 70.4. The predicted octanol–water partition coefficient (Wildman–Crippen LogP) is 20.2. The summed E-state index contributed by atoms with van der Waals surface area (Å²) in [6.07, 6.45) is 5.87. The molecule has 7 aromatic rings. The fraction of sp³-hybridized carbons (Fsp3) is 0.397. The van der Waals surface area contributed by atoms with Gasteiger partial charge in [-0.2, -0.15) is 0 Å². The van der Waals surface area contributed by atoms with Crippen molar-refractivity contribution in [2.75, 3.05) is 140 Å². The fourth-order valence-electron chi connectivity index (χ4n) is 9.30. The minimum atomic E-state index is -1.28. The number of carboxylic acid groups (broad SMARTS) is 1. The van der Waals surface area contributed by atoms with E-state index >= 15 is 0 Å². The van der Waals surface area contributed by atoms with Gasteiger partial charge in [-0.1, -0.05) is 106 Å². The Kier molecular flexibility index (Phi) is 55.8. The number of aliphatic hydroxyl groups is 2. The van der Waals surface area contributed by atoms with Crippen molar-refractivity contribution in [3.63, 3.8) is 0 Å². The number of aliphatic hydroxyl groups excluding tert-OH is 2. The third-order valence-electron chi connectivity index (χ3n) is 14.5. The number of carbonyl (C=O) groups is 1. The molecule has 0 saturated carbocycles. The number of terminal acetylenes is 1. The molecule has 0 radical (unpaired) electrons. The molecule has 4 bridgehead atoms. The zero-order valence-corrected chi connectivity index (χ0v) is 81.8. The zero-order chi connectivity index (χ0) is 84.0. The molecule has 3 N–H and O–H groups in total. The van der Waals surface area contributed by atoms with Crippen LogP contribution in [0.25, 0.3) is 0 Å². The molecule has 4 fully saturated rings. The van der Waals surface area contributed by atoms with Gasteiger partial charge in [0.25, 0.3) is 0 Å². The number of alkyl halides is 2. The van der Waals surface area contributed by atoms with Crippen LogP contribution in [0.5, 0.6) is 80.5 Å². The van der Waals surface area contributed by atoms with Gasteiger partial charge in [0.05, 0.1) is 173 Å². The van der Waals surface area contributed by atoms with Gasteiger partial charge >= 0.3 is 5.97 Å². The predicted molar refractivity (Wildman–Crippen MR) is 484 cm³/mol. The molecular weight excluding hydrogens is 1950 g/mol. The van der Waals surface area contributed by atoms with E-state index in [1.165, 1.54) is 80.6 Å². The first-order valence-electron chi connectivity index (χ1n) is 33.4. The van der Waals surface area contributed by atoms with Crippen LogP contribution in [0.1, 0.15) is 38.2 Å². The van der Waals surface area contributed by atoms with E-state index < -0.39 is 22.1 Å². The summed E-state index contributed by atoms with van der Waals surface area (Å²) >= 11 is 33.8. The van der Waals surface area contributed by atoms with Gasteiger partial charge in [-0.25, -0.2) is 4.79 Å². The van der Waals surface area contributed by atoms with Crippen molar-refractivity contribution in [3.05, 3.63) is 164 Å². The minimum Gasteiger partial charge on any atom is -0.497 e. The summed E-state index contributed by atoms with van der Waals surface area (Å²) in [6.45, 7) is 20.2. The normalized spacial score (nSPS) is 13.9.